The van der Waals surface area contributed by atoms with Crippen LogP contribution in [0.4, 0.5) is 0 Å². The molecule has 0 radical (unpaired) electrons. The van der Waals surface area contributed by atoms with Crippen LogP contribution < -0.4 is 14.8 Å². The van der Waals surface area contributed by atoms with Crippen molar-refractivity contribution in [2.45, 2.75) is 33.0 Å². The summed E-state index contributed by atoms with van der Waals surface area (Å²) in [6, 6.07) is 16.6. The average molecular weight is 285 g/mol. The fourth-order valence-corrected chi connectivity index (χ4v) is 1.96. The molecule has 0 amide bonds. The number of methoxy groups -OCH3 is 1. The van der Waals surface area contributed by atoms with Crippen LogP contribution in [0.2, 0.25) is 0 Å². The van der Waals surface area contributed by atoms with E-state index in [0.29, 0.717) is 12.6 Å². The van der Waals surface area contributed by atoms with Crippen molar-refractivity contribution in [2.75, 3.05) is 7.11 Å². The van der Waals surface area contributed by atoms with E-state index in [4.69, 9.17) is 9.47 Å². The van der Waals surface area contributed by atoms with Crippen LogP contribution in [0.3, 0.4) is 0 Å². The van der Waals surface area contributed by atoms with Crippen molar-refractivity contribution in [3.8, 4) is 11.5 Å². The molecule has 112 valence electrons. The van der Waals surface area contributed by atoms with Gasteiger partial charge in [0.1, 0.15) is 18.1 Å². The Hall–Kier alpha value is -2.00. The molecule has 0 saturated heterocycles. The van der Waals surface area contributed by atoms with Crippen molar-refractivity contribution in [1.82, 2.24) is 5.32 Å². The Labute approximate surface area is 126 Å². The van der Waals surface area contributed by atoms with E-state index in [1.54, 1.807) is 7.11 Å². The van der Waals surface area contributed by atoms with Crippen LogP contribution in [0.25, 0.3) is 0 Å². The number of hydrogen-bond acceptors (Lipinski definition) is 3. The van der Waals surface area contributed by atoms with Crippen molar-refractivity contribution in [3.63, 3.8) is 0 Å². The second kappa shape index (κ2) is 7.70. The minimum atomic E-state index is 0.480. The third-order valence-electron chi connectivity index (χ3n) is 3.18. The molecular weight excluding hydrogens is 262 g/mol. The van der Waals surface area contributed by atoms with Crippen molar-refractivity contribution in [1.29, 1.82) is 0 Å². The average Bonchev–Trinajstić information content (AvgIpc) is 2.52. The molecule has 1 N–H and O–H groups in total. The van der Waals surface area contributed by atoms with Crippen LogP contribution in [0.5, 0.6) is 11.5 Å². The quantitative estimate of drug-likeness (QED) is 0.840. The van der Waals surface area contributed by atoms with Crippen LogP contribution in [-0.4, -0.2) is 13.2 Å². The Morgan fingerprint density at radius 2 is 1.71 bits per heavy atom. The van der Waals surface area contributed by atoms with Crippen LogP contribution in [0.1, 0.15) is 25.0 Å². The Morgan fingerprint density at radius 1 is 0.952 bits per heavy atom. The zero-order valence-electron chi connectivity index (χ0n) is 12.9. The Morgan fingerprint density at radius 3 is 2.38 bits per heavy atom. The second-order valence-corrected chi connectivity index (χ2v) is 5.32. The van der Waals surface area contributed by atoms with Gasteiger partial charge in [-0.05, 0) is 35.4 Å². The molecular formula is C18H23NO2. The first-order chi connectivity index (χ1) is 10.2. The van der Waals surface area contributed by atoms with Crippen molar-refractivity contribution in [2.24, 2.45) is 0 Å². The molecule has 3 heteroatoms. The van der Waals surface area contributed by atoms with Gasteiger partial charge in [-0.1, -0.05) is 38.1 Å². The number of nitrogens with one attached hydrogen (secondary N) is 1. The summed E-state index contributed by atoms with van der Waals surface area (Å²) in [4.78, 5) is 0. The fraction of sp³-hybridized carbons (Fsp3) is 0.333. The highest BCUT2D eigenvalue weighted by atomic mass is 16.5. The van der Waals surface area contributed by atoms with Gasteiger partial charge in [-0.15, -0.1) is 0 Å². The number of rotatable bonds is 7. The van der Waals surface area contributed by atoms with Crippen LogP contribution in [0.15, 0.2) is 48.5 Å². The molecule has 0 unspecified atom stereocenters. The summed E-state index contributed by atoms with van der Waals surface area (Å²) < 4.78 is 11.0. The molecule has 0 fully saturated rings. The van der Waals surface area contributed by atoms with Crippen molar-refractivity contribution in [3.05, 3.63) is 59.7 Å². The number of hydrogen-bond donors (Lipinski definition) is 1. The zero-order valence-corrected chi connectivity index (χ0v) is 12.9. The molecule has 0 saturated carbocycles. The van der Waals surface area contributed by atoms with E-state index in [2.05, 4.69) is 31.3 Å². The Kier molecular flexibility index (Phi) is 5.64. The largest absolute Gasteiger partial charge is 0.497 e. The molecule has 21 heavy (non-hydrogen) atoms. The van der Waals surface area contributed by atoms with Crippen molar-refractivity contribution >= 4 is 0 Å². The van der Waals surface area contributed by atoms with E-state index < -0.39 is 0 Å². The SMILES string of the molecule is COc1ccc(COc2cccc(CNC(C)C)c2)cc1. The van der Waals surface area contributed by atoms with Gasteiger partial charge in [0, 0.05) is 12.6 Å². The van der Waals surface area contributed by atoms with E-state index in [-0.39, 0.29) is 0 Å². The second-order valence-electron chi connectivity index (χ2n) is 5.32. The molecule has 0 atom stereocenters. The summed E-state index contributed by atoms with van der Waals surface area (Å²) in [6.45, 7) is 5.70. The Balaban J connectivity index is 1.91. The van der Waals surface area contributed by atoms with Gasteiger partial charge in [0.05, 0.1) is 7.11 Å². The van der Waals surface area contributed by atoms with Gasteiger partial charge in [-0.2, -0.15) is 0 Å². The minimum Gasteiger partial charge on any atom is -0.497 e. The van der Waals surface area contributed by atoms with Crippen LogP contribution in [-0.2, 0) is 13.2 Å². The molecule has 2 rings (SSSR count). The molecule has 0 spiro atoms. The third-order valence-corrected chi connectivity index (χ3v) is 3.18. The smallest absolute Gasteiger partial charge is 0.120 e. The third kappa shape index (κ3) is 5.12. The molecule has 2 aromatic carbocycles. The molecule has 2 aromatic rings. The van der Waals surface area contributed by atoms with E-state index in [9.17, 15) is 0 Å². The van der Waals surface area contributed by atoms with Gasteiger partial charge in [0.15, 0.2) is 0 Å². The van der Waals surface area contributed by atoms with E-state index >= 15 is 0 Å². The standard InChI is InChI=1S/C18H23NO2/c1-14(2)19-12-16-5-4-6-18(11-16)21-13-15-7-9-17(20-3)10-8-15/h4-11,14,19H,12-13H2,1-3H3. The lowest BCUT2D eigenvalue weighted by atomic mass is 10.2. The highest BCUT2D eigenvalue weighted by Crippen LogP contribution is 2.17. The maximum absolute atomic E-state index is 5.84. The van der Waals surface area contributed by atoms with Gasteiger partial charge in [-0.3, -0.25) is 0 Å². The van der Waals surface area contributed by atoms with Gasteiger partial charge in [0.25, 0.3) is 0 Å². The predicted octanol–water partition coefficient (Wildman–Crippen LogP) is 3.77. The van der Waals surface area contributed by atoms with Crippen LogP contribution >= 0.6 is 0 Å². The van der Waals surface area contributed by atoms with Gasteiger partial charge in [-0.25, -0.2) is 0 Å². The molecule has 0 aliphatic heterocycles. The normalized spacial score (nSPS) is 10.7. The molecule has 0 aliphatic rings. The predicted molar refractivity (Wildman–Crippen MR) is 85.7 cm³/mol. The first-order valence-corrected chi connectivity index (χ1v) is 7.25. The first-order valence-electron chi connectivity index (χ1n) is 7.25. The summed E-state index contributed by atoms with van der Waals surface area (Å²) in [5, 5.41) is 3.41. The highest BCUT2D eigenvalue weighted by molar-refractivity contribution is 5.30. The summed E-state index contributed by atoms with van der Waals surface area (Å²) in [7, 11) is 1.67. The first kappa shape index (κ1) is 15.4. The highest BCUT2D eigenvalue weighted by Gasteiger charge is 2.00. The van der Waals surface area contributed by atoms with E-state index in [1.165, 1.54) is 5.56 Å². The monoisotopic (exact) mass is 285 g/mol. The lowest BCUT2D eigenvalue weighted by Crippen LogP contribution is -2.21. The maximum atomic E-state index is 5.84. The molecule has 3 nitrogen and oxygen atoms in total. The summed E-state index contributed by atoms with van der Waals surface area (Å²) in [6.07, 6.45) is 0. The molecule has 0 heterocycles. The number of ether oxygens (including phenoxy) is 2. The van der Waals surface area contributed by atoms with Crippen LogP contribution in [0, 0.1) is 0 Å². The zero-order chi connectivity index (χ0) is 15.1. The topological polar surface area (TPSA) is 30.5 Å². The summed E-state index contributed by atoms with van der Waals surface area (Å²) in [5.41, 5.74) is 2.36. The van der Waals surface area contributed by atoms with Gasteiger partial charge in [0.2, 0.25) is 0 Å². The Bertz CT molecular complexity index is 549. The van der Waals surface area contributed by atoms with Crippen molar-refractivity contribution < 1.29 is 9.47 Å². The van der Waals surface area contributed by atoms with Gasteiger partial charge < -0.3 is 14.8 Å². The lowest BCUT2D eigenvalue weighted by molar-refractivity contribution is 0.305. The minimum absolute atomic E-state index is 0.480. The summed E-state index contributed by atoms with van der Waals surface area (Å²) in [5.74, 6) is 1.76. The van der Waals surface area contributed by atoms with E-state index in [1.807, 2.05) is 36.4 Å². The molecule has 0 aromatic heterocycles. The number of benzene rings is 2. The van der Waals surface area contributed by atoms with Gasteiger partial charge >= 0.3 is 0 Å². The summed E-state index contributed by atoms with van der Waals surface area (Å²) >= 11 is 0. The fourth-order valence-electron chi connectivity index (χ4n) is 1.96. The molecule has 0 bridgehead atoms. The maximum Gasteiger partial charge on any atom is 0.120 e. The van der Waals surface area contributed by atoms with E-state index in [0.717, 1.165) is 23.6 Å². The molecule has 0 aliphatic carbocycles. The lowest BCUT2D eigenvalue weighted by Gasteiger charge is -2.11.